The van der Waals surface area contributed by atoms with Crippen molar-refractivity contribution < 1.29 is 9.90 Å². The van der Waals surface area contributed by atoms with Crippen LogP contribution in [0.3, 0.4) is 0 Å². The van der Waals surface area contributed by atoms with Crippen molar-refractivity contribution in [1.29, 1.82) is 0 Å². The molecule has 0 aliphatic rings. The van der Waals surface area contributed by atoms with Gasteiger partial charge in [0.1, 0.15) is 0 Å². The summed E-state index contributed by atoms with van der Waals surface area (Å²) in [6, 6.07) is 0. The lowest BCUT2D eigenvalue weighted by molar-refractivity contribution is -0.110. The molecular formula is C21H34O2. The van der Waals surface area contributed by atoms with Gasteiger partial charge in [0.2, 0.25) is 0 Å². The molecule has 0 atom stereocenters. The molecule has 0 saturated heterocycles. The van der Waals surface area contributed by atoms with E-state index in [-0.39, 0.29) is 12.4 Å². The molecule has 0 heterocycles. The van der Waals surface area contributed by atoms with Crippen molar-refractivity contribution >= 4 is 5.78 Å². The summed E-state index contributed by atoms with van der Waals surface area (Å²) in [5.74, 6) is -0.0512. The molecule has 0 spiro atoms. The summed E-state index contributed by atoms with van der Waals surface area (Å²) in [7, 11) is 0. The van der Waals surface area contributed by atoms with Crippen LogP contribution in [0, 0.1) is 0 Å². The number of hydrogen-bond donors (Lipinski definition) is 1. The van der Waals surface area contributed by atoms with Gasteiger partial charge in [-0.05, 0) is 57.1 Å². The van der Waals surface area contributed by atoms with Gasteiger partial charge in [-0.3, -0.25) is 4.79 Å². The van der Waals surface area contributed by atoms with E-state index in [1.807, 2.05) is 6.08 Å². The van der Waals surface area contributed by atoms with E-state index in [1.54, 1.807) is 6.08 Å². The average Bonchev–Trinajstić information content (AvgIpc) is 2.56. The second-order valence-corrected chi connectivity index (χ2v) is 5.70. The molecular weight excluding hydrogens is 284 g/mol. The van der Waals surface area contributed by atoms with Gasteiger partial charge in [-0.1, -0.05) is 62.6 Å². The summed E-state index contributed by atoms with van der Waals surface area (Å²) in [6.45, 7) is 2.15. The van der Waals surface area contributed by atoms with E-state index in [0.717, 1.165) is 25.7 Å². The molecule has 1 N–H and O–H groups in total. The third-order valence-electron chi connectivity index (χ3n) is 3.49. The van der Waals surface area contributed by atoms with Crippen LogP contribution in [0.25, 0.3) is 0 Å². The number of aliphatic hydroxyl groups excluding tert-OH is 1. The number of allylic oxidation sites excluding steroid dienone is 7. The Hall–Kier alpha value is -1.41. The number of rotatable bonds is 15. The SMILES string of the molecule is CCCCCC=CCC=CCCCCCC=CC(=O)C=CCO. The summed E-state index contributed by atoms with van der Waals surface area (Å²) >= 11 is 0. The van der Waals surface area contributed by atoms with Gasteiger partial charge in [-0.25, -0.2) is 0 Å². The van der Waals surface area contributed by atoms with E-state index in [1.165, 1.54) is 50.7 Å². The monoisotopic (exact) mass is 318 g/mol. The number of aliphatic hydroxyl groups is 1. The zero-order valence-corrected chi connectivity index (χ0v) is 14.8. The second-order valence-electron chi connectivity index (χ2n) is 5.70. The molecule has 2 heteroatoms. The highest BCUT2D eigenvalue weighted by molar-refractivity contribution is 5.99. The van der Waals surface area contributed by atoms with Gasteiger partial charge in [-0.15, -0.1) is 0 Å². The van der Waals surface area contributed by atoms with Gasteiger partial charge >= 0.3 is 0 Å². The Balaban J connectivity index is 3.38. The van der Waals surface area contributed by atoms with Crippen LogP contribution in [-0.4, -0.2) is 17.5 Å². The van der Waals surface area contributed by atoms with Gasteiger partial charge in [0.25, 0.3) is 0 Å². The molecule has 0 rings (SSSR count). The molecule has 2 nitrogen and oxygen atoms in total. The highest BCUT2D eigenvalue weighted by Gasteiger charge is 1.89. The Morgan fingerprint density at radius 1 is 0.739 bits per heavy atom. The molecule has 0 amide bonds. The molecule has 0 aromatic heterocycles. The fraction of sp³-hybridized carbons (Fsp3) is 0.571. The number of unbranched alkanes of at least 4 members (excludes halogenated alkanes) is 7. The predicted molar refractivity (Wildman–Crippen MR) is 100 cm³/mol. The summed E-state index contributed by atoms with van der Waals surface area (Å²) in [5.41, 5.74) is 0. The maximum absolute atomic E-state index is 11.2. The number of carbonyl (C=O) groups is 1. The maximum atomic E-state index is 11.2. The van der Waals surface area contributed by atoms with Crippen LogP contribution in [0.1, 0.15) is 71.1 Å². The highest BCUT2D eigenvalue weighted by atomic mass is 16.2. The van der Waals surface area contributed by atoms with Crippen molar-refractivity contribution in [1.82, 2.24) is 0 Å². The largest absolute Gasteiger partial charge is 0.392 e. The van der Waals surface area contributed by atoms with Crippen LogP contribution in [0.5, 0.6) is 0 Å². The lowest BCUT2D eigenvalue weighted by Crippen LogP contribution is -1.86. The highest BCUT2D eigenvalue weighted by Crippen LogP contribution is 2.05. The standard InChI is InChI=1S/C21H34O2/c1-2-3-4-5-6-7-8-9-10-11-12-13-14-15-16-18-21(23)19-17-20-22/h6-7,9-10,16-19,22H,2-5,8,11-15,20H2,1H3. The first-order valence-electron chi connectivity index (χ1n) is 9.09. The normalized spacial score (nSPS) is 12.4. The Bertz CT molecular complexity index is 375. The third kappa shape index (κ3) is 18.5. The maximum Gasteiger partial charge on any atom is 0.178 e. The molecule has 130 valence electrons. The first-order chi connectivity index (χ1) is 11.3. The Morgan fingerprint density at radius 2 is 1.30 bits per heavy atom. The van der Waals surface area contributed by atoms with Gasteiger partial charge < -0.3 is 5.11 Å². The summed E-state index contributed by atoms with van der Waals surface area (Å²) in [5, 5.41) is 8.55. The molecule has 0 saturated carbocycles. The molecule has 0 aromatic rings. The summed E-state index contributed by atoms with van der Waals surface area (Å²) in [6.07, 6.45) is 27.3. The van der Waals surface area contributed by atoms with Gasteiger partial charge in [-0.2, -0.15) is 0 Å². The van der Waals surface area contributed by atoms with Crippen molar-refractivity contribution in [2.24, 2.45) is 0 Å². The number of hydrogen-bond acceptors (Lipinski definition) is 2. The number of carbonyl (C=O) groups excluding carboxylic acids is 1. The minimum absolute atomic E-state index is 0.0512. The van der Waals surface area contributed by atoms with Gasteiger partial charge in [0.15, 0.2) is 5.78 Å². The smallest absolute Gasteiger partial charge is 0.178 e. The predicted octanol–water partition coefficient (Wildman–Crippen LogP) is 5.69. The molecule has 0 bridgehead atoms. The average molecular weight is 319 g/mol. The van der Waals surface area contributed by atoms with Gasteiger partial charge in [0.05, 0.1) is 6.61 Å². The van der Waals surface area contributed by atoms with Crippen molar-refractivity contribution in [2.45, 2.75) is 71.1 Å². The van der Waals surface area contributed by atoms with E-state index in [2.05, 4.69) is 31.2 Å². The molecule has 0 aliphatic heterocycles. The van der Waals surface area contributed by atoms with E-state index >= 15 is 0 Å². The van der Waals surface area contributed by atoms with E-state index in [4.69, 9.17) is 5.11 Å². The third-order valence-corrected chi connectivity index (χ3v) is 3.49. The lowest BCUT2D eigenvalue weighted by Gasteiger charge is -1.95. The Labute approximate surface area is 142 Å². The minimum Gasteiger partial charge on any atom is -0.392 e. The van der Waals surface area contributed by atoms with E-state index in [0.29, 0.717) is 0 Å². The molecule has 0 unspecified atom stereocenters. The zero-order valence-electron chi connectivity index (χ0n) is 14.8. The van der Waals surface area contributed by atoms with Crippen LogP contribution < -0.4 is 0 Å². The molecule has 0 aliphatic carbocycles. The zero-order chi connectivity index (χ0) is 17.0. The Morgan fingerprint density at radius 3 is 1.91 bits per heavy atom. The van der Waals surface area contributed by atoms with Crippen molar-refractivity contribution in [3.8, 4) is 0 Å². The first kappa shape index (κ1) is 21.6. The summed E-state index contributed by atoms with van der Waals surface area (Å²) in [4.78, 5) is 11.2. The van der Waals surface area contributed by atoms with Crippen LogP contribution in [0.2, 0.25) is 0 Å². The molecule has 0 radical (unpaired) electrons. The summed E-state index contributed by atoms with van der Waals surface area (Å²) < 4.78 is 0. The molecule has 23 heavy (non-hydrogen) atoms. The second kappa shape index (κ2) is 18.6. The lowest BCUT2D eigenvalue weighted by atomic mass is 10.1. The molecule has 0 aromatic carbocycles. The van der Waals surface area contributed by atoms with Crippen LogP contribution in [0.15, 0.2) is 48.6 Å². The van der Waals surface area contributed by atoms with Crippen molar-refractivity contribution in [3.63, 3.8) is 0 Å². The fourth-order valence-corrected chi connectivity index (χ4v) is 2.14. The van der Waals surface area contributed by atoms with Gasteiger partial charge in [0, 0.05) is 0 Å². The van der Waals surface area contributed by atoms with E-state index < -0.39 is 0 Å². The Kier molecular flexibility index (Phi) is 17.5. The first-order valence-corrected chi connectivity index (χ1v) is 9.09. The molecule has 0 fully saturated rings. The van der Waals surface area contributed by atoms with Crippen LogP contribution in [0.4, 0.5) is 0 Å². The van der Waals surface area contributed by atoms with Crippen molar-refractivity contribution in [3.05, 3.63) is 48.6 Å². The van der Waals surface area contributed by atoms with Crippen molar-refractivity contribution in [2.75, 3.05) is 6.61 Å². The fourth-order valence-electron chi connectivity index (χ4n) is 2.14. The van der Waals surface area contributed by atoms with Crippen LogP contribution >= 0.6 is 0 Å². The minimum atomic E-state index is -0.0816. The van der Waals surface area contributed by atoms with E-state index in [9.17, 15) is 4.79 Å². The topological polar surface area (TPSA) is 37.3 Å². The van der Waals surface area contributed by atoms with Crippen LogP contribution in [-0.2, 0) is 4.79 Å². The quantitative estimate of drug-likeness (QED) is 0.239. The number of ketones is 1.